The average Bonchev–Trinajstić information content (AvgIpc) is 2.91. The number of benzene rings is 1. The number of H-pyrrole nitrogens is 1. The molecule has 1 aromatic carbocycles. The Kier molecular flexibility index (Phi) is 4.44. The highest BCUT2D eigenvalue weighted by Gasteiger charge is 2.61. The fourth-order valence-corrected chi connectivity index (χ4v) is 5.17. The molecular weight excluding hydrogens is 364 g/mol. The highest BCUT2D eigenvalue weighted by molar-refractivity contribution is 6.69. The molecule has 0 spiro atoms. The largest absolute Gasteiger partial charge is 0.422 e. The molecule has 2 aromatic rings. The normalized spacial score (nSPS) is 20.8. The molecule has 3 rings (SSSR count). The van der Waals surface area contributed by atoms with Crippen LogP contribution in [0.5, 0.6) is 0 Å². The Balaban J connectivity index is 2.34. The molecule has 0 amide bonds. The van der Waals surface area contributed by atoms with E-state index in [0.29, 0.717) is 29.3 Å². The maximum atomic E-state index is 14.2. The third kappa shape index (κ3) is 2.93. The minimum absolute atomic E-state index is 0.0292. The standard InChI is InChI=1S/C18H20F4N2OSi/c1-26(2,3)25-17(18(20,21)22)6-4-5-13-14-8-11(10-23)7-12(9-19)15(14)24-16(13)17/h7-8,24H,4-6,9H2,1-3H3. The molecule has 0 fully saturated rings. The highest BCUT2D eigenvalue weighted by atomic mass is 28.4. The summed E-state index contributed by atoms with van der Waals surface area (Å²) < 4.78 is 61.8. The van der Waals surface area contributed by atoms with Crippen LogP contribution in [0.3, 0.4) is 0 Å². The van der Waals surface area contributed by atoms with Gasteiger partial charge in [-0.25, -0.2) is 4.39 Å². The molecule has 3 nitrogen and oxygen atoms in total. The summed E-state index contributed by atoms with van der Waals surface area (Å²) in [7, 11) is -2.55. The van der Waals surface area contributed by atoms with Gasteiger partial charge in [-0.15, -0.1) is 0 Å². The van der Waals surface area contributed by atoms with Gasteiger partial charge in [-0.05, 0) is 56.6 Å². The zero-order chi connectivity index (χ0) is 19.3. The Morgan fingerprint density at radius 3 is 2.54 bits per heavy atom. The summed E-state index contributed by atoms with van der Waals surface area (Å²) in [4.78, 5) is 2.83. The molecule has 26 heavy (non-hydrogen) atoms. The van der Waals surface area contributed by atoms with Crippen molar-refractivity contribution >= 4 is 19.2 Å². The number of hydrogen-bond donors (Lipinski definition) is 1. The van der Waals surface area contributed by atoms with Crippen molar-refractivity contribution in [3.05, 3.63) is 34.5 Å². The number of fused-ring (bicyclic) bond motifs is 3. The van der Waals surface area contributed by atoms with Gasteiger partial charge in [0.25, 0.3) is 0 Å². The molecule has 1 aromatic heterocycles. The molecule has 1 aliphatic carbocycles. The predicted octanol–water partition coefficient (Wildman–Crippen LogP) is 5.45. The van der Waals surface area contributed by atoms with E-state index in [0.717, 1.165) is 0 Å². The Bertz CT molecular complexity index is 892. The molecule has 140 valence electrons. The second kappa shape index (κ2) is 6.10. The van der Waals surface area contributed by atoms with Gasteiger partial charge in [0.2, 0.25) is 0 Å². The van der Waals surface area contributed by atoms with Crippen LogP contribution in [0.4, 0.5) is 17.6 Å². The van der Waals surface area contributed by atoms with Crippen LogP contribution in [-0.4, -0.2) is 19.5 Å². The van der Waals surface area contributed by atoms with Crippen LogP contribution < -0.4 is 0 Å². The number of alkyl halides is 4. The Labute approximate surface area is 150 Å². The van der Waals surface area contributed by atoms with Crippen molar-refractivity contribution in [3.8, 4) is 6.07 Å². The number of aromatic amines is 1. The van der Waals surface area contributed by atoms with Gasteiger partial charge in [-0.3, -0.25) is 0 Å². The topological polar surface area (TPSA) is 48.8 Å². The van der Waals surface area contributed by atoms with E-state index in [-0.39, 0.29) is 23.2 Å². The number of nitrogens with one attached hydrogen (secondary N) is 1. The molecule has 0 aliphatic heterocycles. The van der Waals surface area contributed by atoms with E-state index in [1.54, 1.807) is 19.6 Å². The summed E-state index contributed by atoms with van der Waals surface area (Å²) in [6, 6.07) is 4.86. The maximum Gasteiger partial charge on any atom is 0.422 e. The summed E-state index contributed by atoms with van der Waals surface area (Å²) in [5, 5.41) is 9.65. The number of hydrogen-bond acceptors (Lipinski definition) is 2. The van der Waals surface area contributed by atoms with Crippen molar-refractivity contribution in [3.63, 3.8) is 0 Å². The molecule has 1 N–H and O–H groups in total. The second-order valence-electron chi connectivity index (χ2n) is 7.67. The smallest absolute Gasteiger partial charge is 0.399 e. The van der Waals surface area contributed by atoms with Crippen molar-refractivity contribution in [2.75, 3.05) is 0 Å². The summed E-state index contributed by atoms with van der Waals surface area (Å²) in [6.45, 7) is 4.30. The molecule has 0 radical (unpaired) electrons. The third-order valence-corrected chi connectivity index (χ3v) is 5.63. The van der Waals surface area contributed by atoms with E-state index in [1.807, 2.05) is 6.07 Å². The van der Waals surface area contributed by atoms with E-state index >= 15 is 0 Å². The van der Waals surface area contributed by atoms with E-state index in [4.69, 9.17) is 9.69 Å². The van der Waals surface area contributed by atoms with Crippen molar-refractivity contribution in [2.45, 2.75) is 57.4 Å². The van der Waals surface area contributed by atoms with E-state index in [2.05, 4.69) is 4.98 Å². The summed E-state index contributed by atoms with van der Waals surface area (Å²) in [5.74, 6) is 0. The lowest BCUT2D eigenvalue weighted by atomic mass is 9.82. The van der Waals surface area contributed by atoms with E-state index in [1.165, 1.54) is 12.1 Å². The quantitative estimate of drug-likeness (QED) is 0.565. The van der Waals surface area contributed by atoms with Gasteiger partial charge in [-0.1, -0.05) is 0 Å². The van der Waals surface area contributed by atoms with Crippen molar-refractivity contribution in [1.82, 2.24) is 4.98 Å². The summed E-state index contributed by atoms with van der Waals surface area (Å²) in [6.07, 6.45) is -4.03. The van der Waals surface area contributed by atoms with Crippen LogP contribution in [0.2, 0.25) is 19.6 Å². The molecule has 1 aliphatic rings. The number of rotatable bonds is 3. The molecule has 1 heterocycles. The van der Waals surface area contributed by atoms with Crippen LogP contribution in [-0.2, 0) is 23.1 Å². The van der Waals surface area contributed by atoms with Gasteiger partial charge in [-0.2, -0.15) is 18.4 Å². The molecule has 0 bridgehead atoms. The molecule has 1 unspecified atom stereocenters. The lowest BCUT2D eigenvalue weighted by molar-refractivity contribution is -0.264. The van der Waals surface area contributed by atoms with E-state index < -0.39 is 26.8 Å². The molecule has 0 saturated carbocycles. The lowest BCUT2D eigenvalue weighted by Crippen LogP contribution is -2.52. The predicted molar refractivity (Wildman–Crippen MR) is 92.9 cm³/mol. The Morgan fingerprint density at radius 1 is 1.31 bits per heavy atom. The zero-order valence-corrected chi connectivity index (χ0v) is 15.9. The Hall–Kier alpha value is -1.85. The maximum absolute atomic E-state index is 14.2. The first-order valence-electron chi connectivity index (χ1n) is 8.43. The monoisotopic (exact) mass is 384 g/mol. The van der Waals surface area contributed by atoms with Gasteiger partial charge in [0.1, 0.15) is 6.67 Å². The van der Waals surface area contributed by atoms with E-state index in [9.17, 15) is 17.6 Å². The molecule has 8 heteroatoms. The number of nitrogens with zero attached hydrogens (tertiary/aromatic N) is 1. The molecular formula is C18H20F4N2OSi. The highest BCUT2D eigenvalue weighted by Crippen LogP contribution is 2.52. The first kappa shape index (κ1) is 18.9. The summed E-state index contributed by atoms with van der Waals surface area (Å²) >= 11 is 0. The number of aryl methyl sites for hydroxylation is 1. The third-order valence-electron chi connectivity index (χ3n) is 4.67. The van der Waals surface area contributed by atoms with Crippen LogP contribution in [0.1, 0.15) is 35.2 Å². The lowest BCUT2D eigenvalue weighted by Gasteiger charge is -2.42. The van der Waals surface area contributed by atoms with Crippen molar-refractivity contribution < 1.29 is 22.0 Å². The summed E-state index contributed by atoms with van der Waals surface area (Å²) in [5.41, 5.74) is -1.21. The van der Waals surface area contributed by atoms with Crippen LogP contribution in [0, 0.1) is 11.3 Å². The SMILES string of the molecule is C[Si](C)(C)OC1(C(F)(F)F)CCCc2c1[nH]c1c(CF)cc(C#N)cc21. The molecule has 0 saturated heterocycles. The van der Waals surface area contributed by atoms with Gasteiger partial charge in [0.15, 0.2) is 13.9 Å². The number of nitriles is 1. The zero-order valence-electron chi connectivity index (χ0n) is 14.9. The van der Waals surface area contributed by atoms with Crippen LogP contribution in [0.25, 0.3) is 10.9 Å². The van der Waals surface area contributed by atoms with Crippen LogP contribution in [0.15, 0.2) is 12.1 Å². The fourth-order valence-electron chi connectivity index (χ4n) is 3.80. The minimum Gasteiger partial charge on any atom is -0.399 e. The van der Waals surface area contributed by atoms with Crippen molar-refractivity contribution in [2.24, 2.45) is 0 Å². The van der Waals surface area contributed by atoms with Gasteiger partial charge in [0.05, 0.1) is 22.8 Å². The fraction of sp³-hybridized carbons (Fsp3) is 0.500. The number of halogens is 4. The average molecular weight is 384 g/mol. The van der Waals surface area contributed by atoms with Crippen molar-refractivity contribution in [1.29, 1.82) is 5.26 Å². The first-order valence-corrected chi connectivity index (χ1v) is 11.8. The number of aromatic nitrogens is 1. The Morgan fingerprint density at radius 2 is 2.00 bits per heavy atom. The first-order chi connectivity index (χ1) is 12.0. The second-order valence-corrected chi connectivity index (χ2v) is 12.1. The van der Waals surface area contributed by atoms with Crippen LogP contribution >= 0.6 is 0 Å². The molecule has 1 atom stereocenters. The van der Waals surface area contributed by atoms with Gasteiger partial charge in [0, 0.05) is 10.9 Å². The minimum atomic E-state index is -4.60. The van der Waals surface area contributed by atoms with Gasteiger partial charge >= 0.3 is 6.18 Å². The van der Waals surface area contributed by atoms with Gasteiger partial charge < -0.3 is 9.41 Å².